The first-order valence-corrected chi connectivity index (χ1v) is 11.2. The molecule has 0 aliphatic carbocycles. The van der Waals surface area contributed by atoms with Crippen molar-refractivity contribution < 1.29 is 4.74 Å². The maximum Gasteiger partial charge on any atom is 0.188 e. The summed E-state index contributed by atoms with van der Waals surface area (Å²) in [7, 11) is 2.18. The van der Waals surface area contributed by atoms with E-state index >= 15 is 0 Å². The Bertz CT molecular complexity index is 766. The highest BCUT2D eigenvalue weighted by Gasteiger charge is 2.20. The molecule has 2 aromatic rings. The fourth-order valence-electron chi connectivity index (χ4n) is 4.01. The van der Waals surface area contributed by atoms with E-state index in [0.717, 1.165) is 67.8 Å². The van der Waals surface area contributed by atoms with Gasteiger partial charge in [0.15, 0.2) is 5.13 Å². The maximum absolute atomic E-state index is 6.38. The molecule has 0 amide bonds. The van der Waals surface area contributed by atoms with Gasteiger partial charge in [-0.05, 0) is 65.1 Å². The molecule has 4 heterocycles. The first-order valence-electron chi connectivity index (χ1n) is 10.4. The second-order valence-electron chi connectivity index (χ2n) is 8.12. The summed E-state index contributed by atoms with van der Waals surface area (Å²) >= 11 is 1.65. The molecule has 0 spiro atoms. The quantitative estimate of drug-likeness (QED) is 0.771. The second-order valence-corrected chi connectivity index (χ2v) is 9.35. The van der Waals surface area contributed by atoms with E-state index in [2.05, 4.69) is 40.6 Å². The molecule has 1 atom stereocenters. The lowest BCUT2D eigenvalue weighted by molar-refractivity contribution is 0.114. The first-order chi connectivity index (χ1) is 13.6. The maximum atomic E-state index is 6.38. The van der Waals surface area contributed by atoms with Gasteiger partial charge in [0.2, 0.25) is 0 Å². The van der Waals surface area contributed by atoms with Crippen molar-refractivity contribution in [3.63, 3.8) is 0 Å². The molecule has 0 aromatic carbocycles. The number of nitrogens with one attached hydrogen (secondary N) is 2. The number of piperidine rings is 2. The topological polar surface area (TPSA) is 62.3 Å². The van der Waals surface area contributed by atoms with Crippen molar-refractivity contribution in [3.8, 4) is 5.75 Å². The first kappa shape index (κ1) is 19.6. The molecule has 2 aliphatic heterocycles. The van der Waals surface area contributed by atoms with Gasteiger partial charge in [0.05, 0.1) is 0 Å². The normalized spacial score (nSPS) is 21.6. The zero-order valence-electron chi connectivity index (χ0n) is 16.9. The van der Waals surface area contributed by atoms with Crippen molar-refractivity contribution in [1.29, 1.82) is 0 Å². The zero-order valence-corrected chi connectivity index (χ0v) is 17.7. The van der Waals surface area contributed by atoms with E-state index in [0.29, 0.717) is 5.92 Å². The Balaban J connectivity index is 1.51. The highest BCUT2D eigenvalue weighted by atomic mass is 32.1. The van der Waals surface area contributed by atoms with Crippen LogP contribution < -0.4 is 15.4 Å². The van der Waals surface area contributed by atoms with Crippen LogP contribution in [-0.2, 0) is 6.42 Å². The van der Waals surface area contributed by atoms with Gasteiger partial charge in [-0.2, -0.15) is 0 Å². The van der Waals surface area contributed by atoms with Gasteiger partial charge in [-0.15, -0.1) is 11.3 Å². The summed E-state index contributed by atoms with van der Waals surface area (Å²) in [5.41, 5.74) is 1.11. The highest BCUT2D eigenvalue weighted by molar-refractivity contribution is 7.15. The third-order valence-corrected chi connectivity index (χ3v) is 6.40. The van der Waals surface area contributed by atoms with Gasteiger partial charge < -0.3 is 20.3 Å². The van der Waals surface area contributed by atoms with Crippen LogP contribution in [0.1, 0.15) is 36.3 Å². The number of hydrogen-bond acceptors (Lipinski definition) is 7. The predicted octanol–water partition coefficient (Wildman–Crippen LogP) is 3.61. The highest BCUT2D eigenvalue weighted by Crippen LogP contribution is 2.27. The van der Waals surface area contributed by atoms with Crippen LogP contribution in [0.2, 0.25) is 0 Å². The van der Waals surface area contributed by atoms with Crippen molar-refractivity contribution in [2.75, 3.05) is 38.5 Å². The monoisotopic (exact) mass is 401 g/mol. The smallest absolute Gasteiger partial charge is 0.188 e. The molecule has 7 heteroatoms. The van der Waals surface area contributed by atoms with Gasteiger partial charge >= 0.3 is 0 Å². The van der Waals surface area contributed by atoms with Crippen molar-refractivity contribution in [1.82, 2.24) is 20.2 Å². The molecular weight excluding hydrogens is 370 g/mol. The Kier molecular flexibility index (Phi) is 6.44. The molecule has 4 rings (SSSR count). The lowest BCUT2D eigenvalue weighted by atomic mass is 9.94. The van der Waals surface area contributed by atoms with Gasteiger partial charge in [-0.25, -0.2) is 9.97 Å². The average molecular weight is 402 g/mol. The molecule has 0 radical (unpaired) electrons. The number of pyridine rings is 1. The predicted molar refractivity (Wildman–Crippen MR) is 115 cm³/mol. The third kappa shape index (κ3) is 5.43. The molecule has 2 aliphatic rings. The molecule has 0 bridgehead atoms. The van der Waals surface area contributed by atoms with Crippen molar-refractivity contribution >= 4 is 22.3 Å². The van der Waals surface area contributed by atoms with Gasteiger partial charge in [0.1, 0.15) is 17.7 Å². The summed E-state index contributed by atoms with van der Waals surface area (Å²) < 4.78 is 6.38. The van der Waals surface area contributed by atoms with Crippen LogP contribution in [0, 0.1) is 12.8 Å². The molecule has 0 saturated carbocycles. The Hall–Kier alpha value is -1.70. The van der Waals surface area contributed by atoms with Crippen LogP contribution >= 0.6 is 11.3 Å². The van der Waals surface area contributed by atoms with Crippen molar-refractivity contribution in [2.45, 2.75) is 45.1 Å². The number of ether oxygens (including phenoxy) is 1. The van der Waals surface area contributed by atoms with Gasteiger partial charge in [0.25, 0.3) is 0 Å². The van der Waals surface area contributed by atoms with E-state index in [1.54, 1.807) is 11.3 Å². The van der Waals surface area contributed by atoms with Crippen LogP contribution in [-0.4, -0.2) is 54.2 Å². The Labute approximate surface area is 171 Å². The minimum absolute atomic E-state index is 0.290. The van der Waals surface area contributed by atoms with E-state index in [9.17, 15) is 0 Å². The minimum Gasteiger partial charge on any atom is -0.490 e. The number of aromatic nitrogens is 2. The Morgan fingerprint density at radius 1 is 1.29 bits per heavy atom. The van der Waals surface area contributed by atoms with Crippen LogP contribution in [0.15, 0.2) is 18.3 Å². The standard InChI is InChI=1S/C21H31N5OS/c1-15-13-23-21(28-15)25-20-12-19(27-18-5-8-26(2)9-6-18)11-17(24-20)10-16-4-3-7-22-14-16/h11-13,16,18,22H,3-10,14H2,1-2H3,(H,23,24,25)/t16-/m1/s1. The fraction of sp³-hybridized carbons (Fsp3) is 0.619. The molecule has 152 valence electrons. The summed E-state index contributed by atoms with van der Waals surface area (Å²) in [5.74, 6) is 2.41. The van der Waals surface area contributed by atoms with E-state index < -0.39 is 0 Å². The lowest BCUT2D eigenvalue weighted by Gasteiger charge is -2.29. The fourth-order valence-corrected chi connectivity index (χ4v) is 4.68. The Morgan fingerprint density at radius 2 is 2.14 bits per heavy atom. The van der Waals surface area contributed by atoms with E-state index in [4.69, 9.17) is 9.72 Å². The molecule has 6 nitrogen and oxygen atoms in total. The number of likely N-dealkylation sites (tertiary alicyclic amines) is 1. The number of aryl methyl sites for hydroxylation is 1. The average Bonchev–Trinajstić information content (AvgIpc) is 3.09. The number of anilines is 2. The van der Waals surface area contributed by atoms with Gasteiger partial charge in [-0.1, -0.05) is 0 Å². The van der Waals surface area contributed by atoms with Crippen LogP contribution in [0.3, 0.4) is 0 Å². The van der Waals surface area contributed by atoms with Crippen LogP contribution in [0.4, 0.5) is 10.9 Å². The summed E-state index contributed by atoms with van der Waals surface area (Å²) in [6, 6.07) is 4.17. The lowest BCUT2D eigenvalue weighted by Crippen LogP contribution is -2.35. The van der Waals surface area contributed by atoms with Crippen molar-refractivity contribution in [2.24, 2.45) is 5.92 Å². The largest absolute Gasteiger partial charge is 0.490 e. The minimum atomic E-state index is 0.290. The number of nitrogens with zero attached hydrogens (tertiary/aromatic N) is 3. The summed E-state index contributed by atoms with van der Waals surface area (Å²) in [6.45, 7) is 6.48. The molecule has 0 unspecified atom stereocenters. The molecule has 2 N–H and O–H groups in total. The molecule has 2 saturated heterocycles. The summed E-state index contributed by atoms with van der Waals surface area (Å²) in [5, 5.41) is 7.77. The molecule has 2 aromatic heterocycles. The second kappa shape index (κ2) is 9.20. The SMILES string of the molecule is Cc1cnc(Nc2cc(OC3CCN(C)CC3)cc(C[C@H]3CCCNC3)n2)s1. The molecular formula is C21H31N5OS. The zero-order chi connectivity index (χ0) is 19.3. The van der Waals surface area contributed by atoms with Gasteiger partial charge in [0, 0.05) is 42.0 Å². The molecule has 2 fully saturated rings. The number of rotatable bonds is 6. The summed E-state index contributed by atoms with van der Waals surface area (Å²) in [4.78, 5) is 12.9. The third-order valence-electron chi connectivity index (χ3n) is 5.57. The van der Waals surface area contributed by atoms with E-state index in [-0.39, 0.29) is 6.10 Å². The number of hydrogen-bond donors (Lipinski definition) is 2. The van der Waals surface area contributed by atoms with Gasteiger partial charge in [-0.3, -0.25) is 0 Å². The van der Waals surface area contributed by atoms with Crippen molar-refractivity contribution in [3.05, 3.63) is 28.9 Å². The van der Waals surface area contributed by atoms with Crippen LogP contribution in [0.5, 0.6) is 5.75 Å². The van der Waals surface area contributed by atoms with Crippen LogP contribution in [0.25, 0.3) is 0 Å². The van der Waals surface area contributed by atoms with E-state index in [1.165, 1.54) is 17.7 Å². The van der Waals surface area contributed by atoms with E-state index in [1.807, 2.05) is 12.3 Å². The summed E-state index contributed by atoms with van der Waals surface area (Å²) in [6.07, 6.45) is 7.84. The Morgan fingerprint density at radius 3 is 2.86 bits per heavy atom. The number of thiazole rings is 1. The molecule has 28 heavy (non-hydrogen) atoms.